The molecule has 1 heteroatoms. The molecule has 0 aromatic heterocycles. The van der Waals surface area contributed by atoms with E-state index in [1.165, 1.54) is 98.0 Å². The molecule has 0 amide bonds. The summed E-state index contributed by atoms with van der Waals surface area (Å²) in [7, 11) is 0. The lowest BCUT2D eigenvalue weighted by Gasteiger charge is -2.34. The quantitative estimate of drug-likeness (QED) is 0.182. The van der Waals surface area contributed by atoms with E-state index >= 15 is 0 Å². The highest BCUT2D eigenvalue weighted by Crippen LogP contribution is 2.57. The summed E-state index contributed by atoms with van der Waals surface area (Å²) in [5.74, 6) is 2.28. The maximum absolute atomic E-state index is 2.64. The minimum atomic E-state index is -0.0806. The summed E-state index contributed by atoms with van der Waals surface area (Å²) in [6.07, 6.45) is 5.49. The van der Waals surface area contributed by atoms with Crippen LogP contribution in [-0.4, -0.2) is 0 Å². The SMILES string of the molecule is CC(C)(C)c1ccccc1-c1cc2ccccc2cc1N(c1ccc2c(c1)C(C)(C)c1ccccc1-2)c1ccccc1C1CC2CCC1C2. The molecule has 3 aliphatic carbocycles. The molecule has 6 aromatic carbocycles. The summed E-state index contributed by atoms with van der Waals surface area (Å²) in [6, 6.07) is 48.6. The van der Waals surface area contributed by atoms with Crippen molar-refractivity contribution >= 4 is 27.8 Å². The van der Waals surface area contributed by atoms with Gasteiger partial charge in [0.25, 0.3) is 0 Å². The van der Waals surface area contributed by atoms with E-state index in [0.717, 1.165) is 11.8 Å². The van der Waals surface area contributed by atoms with Crippen LogP contribution in [0.25, 0.3) is 33.0 Å². The highest BCUT2D eigenvalue weighted by atomic mass is 15.1. The summed E-state index contributed by atoms with van der Waals surface area (Å²) in [4.78, 5) is 2.64. The second kappa shape index (κ2) is 11.2. The predicted octanol–water partition coefficient (Wildman–Crippen LogP) is 13.5. The number of anilines is 3. The first-order valence-electron chi connectivity index (χ1n) is 18.4. The molecule has 49 heavy (non-hydrogen) atoms. The van der Waals surface area contributed by atoms with Crippen molar-refractivity contribution in [3.05, 3.63) is 150 Å². The Labute approximate surface area is 292 Å². The lowest BCUT2D eigenvalue weighted by Crippen LogP contribution is -2.19. The fraction of sp³-hybridized carbons (Fsp3) is 0.292. The largest absolute Gasteiger partial charge is 0.310 e. The van der Waals surface area contributed by atoms with Crippen LogP contribution in [0.2, 0.25) is 0 Å². The number of hydrogen-bond acceptors (Lipinski definition) is 1. The molecule has 6 aromatic rings. The van der Waals surface area contributed by atoms with Crippen LogP contribution < -0.4 is 4.90 Å². The molecule has 1 nitrogen and oxygen atoms in total. The summed E-state index contributed by atoms with van der Waals surface area (Å²) in [5, 5.41) is 2.54. The number of rotatable bonds is 5. The topological polar surface area (TPSA) is 3.24 Å². The van der Waals surface area contributed by atoms with Crippen molar-refractivity contribution in [3.63, 3.8) is 0 Å². The van der Waals surface area contributed by atoms with Crippen LogP contribution >= 0.6 is 0 Å². The van der Waals surface area contributed by atoms with Crippen molar-refractivity contribution in [2.75, 3.05) is 4.90 Å². The van der Waals surface area contributed by atoms with Gasteiger partial charge < -0.3 is 4.90 Å². The van der Waals surface area contributed by atoms with Crippen LogP contribution in [-0.2, 0) is 10.8 Å². The molecule has 0 heterocycles. The van der Waals surface area contributed by atoms with Crippen LogP contribution in [0, 0.1) is 11.8 Å². The molecule has 3 unspecified atom stereocenters. The van der Waals surface area contributed by atoms with Gasteiger partial charge in [-0.1, -0.05) is 138 Å². The molecule has 0 saturated heterocycles. The predicted molar refractivity (Wildman–Crippen MR) is 209 cm³/mol. The van der Waals surface area contributed by atoms with Gasteiger partial charge in [-0.05, 0) is 122 Å². The van der Waals surface area contributed by atoms with Gasteiger partial charge >= 0.3 is 0 Å². The van der Waals surface area contributed by atoms with Gasteiger partial charge in [0.15, 0.2) is 0 Å². The Morgan fingerprint density at radius 1 is 0.571 bits per heavy atom. The normalized spacial score (nSPS) is 20.4. The van der Waals surface area contributed by atoms with Crippen LogP contribution in [0.15, 0.2) is 127 Å². The third-order valence-electron chi connectivity index (χ3n) is 12.3. The lowest BCUT2D eigenvalue weighted by molar-refractivity contribution is 0.420. The molecule has 0 radical (unpaired) electrons. The first kappa shape index (κ1) is 30.4. The van der Waals surface area contributed by atoms with E-state index in [9.17, 15) is 0 Å². The highest BCUT2D eigenvalue weighted by Gasteiger charge is 2.42. The average molecular weight is 638 g/mol. The molecule has 0 aliphatic heterocycles. The third kappa shape index (κ3) is 4.88. The zero-order chi connectivity index (χ0) is 33.5. The molecule has 2 fully saturated rings. The Balaban J connectivity index is 1.34. The number of nitrogens with zero attached hydrogens (tertiary/aromatic N) is 1. The first-order chi connectivity index (χ1) is 23.7. The summed E-state index contributed by atoms with van der Waals surface area (Å²) >= 11 is 0. The van der Waals surface area contributed by atoms with Crippen molar-refractivity contribution in [2.24, 2.45) is 11.8 Å². The fourth-order valence-corrected chi connectivity index (χ4v) is 9.87. The molecule has 2 bridgehead atoms. The third-order valence-corrected chi connectivity index (χ3v) is 12.3. The standard InChI is InChI=1S/C48H47N/c1-47(2,3)42-19-11-8-17-37(42)41-28-32-14-6-7-15-33(32)29-46(41)49(45-21-13-10-18-39(45)40-27-31-22-23-34(40)26-31)35-24-25-38-36-16-9-12-20-43(36)48(4,5)44(38)30-35/h6-21,24-25,28-31,34,40H,22-23,26-27H2,1-5H3. The van der Waals surface area contributed by atoms with Gasteiger partial charge in [0.1, 0.15) is 0 Å². The van der Waals surface area contributed by atoms with Crippen molar-refractivity contribution in [3.8, 4) is 22.3 Å². The zero-order valence-corrected chi connectivity index (χ0v) is 29.6. The van der Waals surface area contributed by atoms with Crippen LogP contribution in [0.5, 0.6) is 0 Å². The number of hydrogen-bond donors (Lipinski definition) is 0. The van der Waals surface area contributed by atoms with Crippen LogP contribution in [0.4, 0.5) is 17.1 Å². The van der Waals surface area contributed by atoms with E-state index < -0.39 is 0 Å². The minimum absolute atomic E-state index is 0.00526. The monoisotopic (exact) mass is 637 g/mol. The van der Waals surface area contributed by atoms with E-state index in [2.05, 4.69) is 167 Å². The molecule has 0 spiro atoms. The molecular weight excluding hydrogens is 591 g/mol. The maximum atomic E-state index is 2.64. The van der Waals surface area contributed by atoms with Gasteiger partial charge in [-0.15, -0.1) is 0 Å². The van der Waals surface area contributed by atoms with E-state index in [4.69, 9.17) is 0 Å². The molecule has 9 rings (SSSR count). The van der Waals surface area contributed by atoms with E-state index in [-0.39, 0.29) is 10.8 Å². The number of benzene rings is 6. The minimum Gasteiger partial charge on any atom is -0.310 e. The average Bonchev–Trinajstić information content (AvgIpc) is 3.81. The van der Waals surface area contributed by atoms with Gasteiger partial charge in [0.2, 0.25) is 0 Å². The van der Waals surface area contributed by atoms with Gasteiger partial charge in [-0.2, -0.15) is 0 Å². The van der Waals surface area contributed by atoms with Crippen LogP contribution in [0.3, 0.4) is 0 Å². The number of fused-ring (bicyclic) bond motifs is 6. The Morgan fingerprint density at radius 2 is 1.24 bits per heavy atom. The zero-order valence-electron chi connectivity index (χ0n) is 29.6. The Hall–Kier alpha value is -4.62. The smallest absolute Gasteiger partial charge is 0.0546 e. The Bertz CT molecular complexity index is 2230. The molecular formula is C48H47N. The van der Waals surface area contributed by atoms with Crippen LogP contribution in [0.1, 0.15) is 88.5 Å². The van der Waals surface area contributed by atoms with E-state index in [1.807, 2.05) is 0 Å². The summed E-state index contributed by atoms with van der Waals surface area (Å²) in [5.41, 5.74) is 14.8. The van der Waals surface area contributed by atoms with Crippen molar-refractivity contribution in [1.82, 2.24) is 0 Å². The second-order valence-corrected chi connectivity index (χ2v) is 16.6. The van der Waals surface area contributed by atoms with Gasteiger partial charge in [-0.3, -0.25) is 0 Å². The summed E-state index contributed by atoms with van der Waals surface area (Å²) < 4.78 is 0. The highest BCUT2D eigenvalue weighted by molar-refractivity contribution is 5.99. The van der Waals surface area contributed by atoms with Crippen molar-refractivity contribution < 1.29 is 0 Å². The molecule has 2 saturated carbocycles. The van der Waals surface area contributed by atoms with Gasteiger partial charge in [0, 0.05) is 22.4 Å². The molecule has 3 aliphatic rings. The second-order valence-electron chi connectivity index (χ2n) is 16.6. The number of para-hydroxylation sites is 1. The van der Waals surface area contributed by atoms with E-state index in [0.29, 0.717) is 5.92 Å². The lowest BCUT2D eigenvalue weighted by atomic mass is 9.80. The molecule has 3 atom stereocenters. The van der Waals surface area contributed by atoms with Gasteiger partial charge in [0.05, 0.1) is 5.69 Å². The van der Waals surface area contributed by atoms with E-state index in [1.54, 1.807) is 0 Å². The summed E-state index contributed by atoms with van der Waals surface area (Å²) in [6.45, 7) is 11.8. The first-order valence-corrected chi connectivity index (χ1v) is 18.4. The molecule has 244 valence electrons. The van der Waals surface area contributed by atoms with Crippen molar-refractivity contribution in [1.29, 1.82) is 0 Å². The van der Waals surface area contributed by atoms with Gasteiger partial charge in [-0.25, -0.2) is 0 Å². The Morgan fingerprint density at radius 3 is 2.00 bits per heavy atom. The van der Waals surface area contributed by atoms with Crippen molar-refractivity contribution in [2.45, 2.75) is 77.0 Å². The Kier molecular flexibility index (Phi) is 6.96. The molecule has 0 N–H and O–H groups in total. The fourth-order valence-electron chi connectivity index (χ4n) is 9.87. The maximum Gasteiger partial charge on any atom is 0.0546 e.